The fourth-order valence-corrected chi connectivity index (χ4v) is 17.6. The van der Waals surface area contributed by atoms with Gasteiger partial charge in [0.25, 0.3) is 34.4 Å². The summed E-state index contributed by atoms with van der Waals surface area (Å²) in [6.07, 6.45) is 5.17. The minimum absolute atomic E-state index is 0.0683. The Bertz CT molecular complexity index is 5520. The number of anilines is 8. The lowest BCUT2D eigenvalue weighted by Gasteiger charge is -2.19. The predicted octanol–water partition coefficient (Wildman–Crippen LogP) is 6.34. The molecular formula is C65H77Br2N24O11S6+. The summed E-state index contributed by atoms with van der Waals surface area (Å²) in [6.45, 7) is 20.7. The van der Waals surface area contributed by atoms with Crippen molar-refractivity contribution in [3.8, 4) is 5.88 Å². The molecule has 5 atom stereocenters. The number of nitrogens with one attached hydrogen (secondary N) is 8. The first-order chi connectivity index (χ1) is 51.4. The largest absolute Gasteiger partial charge is 0.494 e. The zero-order chi connectivity index (χ0) is 78.0. The molecule has 0 saturated carbocycles. The summed E-state index contributed by atoms with van der Waals surface area (Å²) >= 11 is 13.5. The molecule has 3 aliphatic rings. The van der Waals surface area contributed by atoms with Crippen LogP contribution < -0.4 is 75.3 Å². The molecule has 13 heterocycles. The highest BCUT2D eigenvalue weighted by atomic mass is 79.9. The Labute approximate surface area is 654 Å². The molecule has 43 heteroatoms. The quantitative estimate of drug-likeness (QED) is 0.0123. The van der Waals surface area contributed by atoms with Crippen molar-refractivity contribution in [3.63, 3.8) is 0 Å². The van der Waals surface area contributed by atoms with Gasteiger partial charge in [-0.05, 0) is 81.6 Å². The van der Waals surface area contributed by atoms with E-state index in [0.717, 1.165) is 128 Å². The van der Waals surface area contributed by atoms with Crippen LogP contribution in [0.3, 0.4) is 0 Å². The Kier molecular flexibility index (Phi) is 24.8. The zero-order valence-electron chi connectivity index (χ0n) is 59.8. The standard InChI is InChI=1S/C23H26Br2N8O2S2.C23H30N8O3S2.C19H20N8O6S2/c1-10-9-33(19-16(10)32-5-4-13(25)6-14(32)8-27-19)22(35)17-12(3)29-23(36-17)30-21-15(20(34)31-37-21)18(26)28-11(2)7-24;1-5-12-17-13(27-15(6-2)26-12)7-8-31(17)22(34)18-14(10-32)28-23(35-18)29-21-16(20(33)30-36-21)19(24)25-9-11(3)4;1-5(7(3)28)21-12(20)10-14(30)26-35-17(10)25-19-22-6(2)11(34-19)18(33)27-9(29)4-8-13(27)24-16(32)15(31)23-8/h8,10-11,13H,4-7,9H2,1-3H3,(H3-,26,28,29,30,31,34,35);11,32H,5-10H2,1-4H3,(H2,24,25)(H,28,29)(H,30,33);4-5,7,28-29H,1-3H3,(H2,20,21)(H,22,25)(H,23,31)(H,24,32)(H,26,30)/p+1. The smallest absolute Gasteiger partial charge is 0.315 e. The Morgan fingerprint density at radius 2 is 1.29 bits per heavy atom. The van der Waals surface area contributed by atoms with Crippen LogP contribution in [-0.4, -0.2) is 156 Å². The van der Waals surface area contributed by atoms with Gasteiger partial charge in [-0.3, -0.25) is 71.4 Å². The van der Waals surface area contributed by atoms with Crippen molar-refractivity contribution in [2.75, 3.05) is 50.7 Å². The first-order valence-corrected chi connectivity index (χ1v) is 40.8. The molecule has 10 aromatic rings. The van der Waals surface area contributed by atoms with E-state index in [-0.39, 0.29) is 96.0 Å². The van der Waals surface area contributed by atoms with Gasteiger partial charge in [-0.25, -0.2) is 34.5 Å². The number of amides is 2. The highest BCUT2D eigenvalue weighted by Crippen LogP contribution is 2.39. The van der Waals surface area contributed by atoms with Crippen molar-refractivity contribution in [3.05, 3.63) is 141 Å². The fraction of sp³-hybridized carbons (Fsp3) is 0.415. The number of hydrogen-bond acceptors (Lipinski definition) is 29. The molecule has 0 fully saturated rings. The average Bonchev–Trinajstić information content (AvgIpc) is 1.60. The lowest BCUT2D eigenvalue weighted by atomic mass is 10.1. The van der Waals surface area contributed by atoms with Crippen molar-refractivity contribution in [2.24, 2.45) is 38.1 Å². The van der Waals surface area contributed by atoms with E-state index in [1.807, 2.05) is 47.7 Å². The number of amidine groups is 3. The van der Waals surface area contributed by atoms with Gasteiger partial charge in [0, 0.05) is 61.5 Å². The van der Waals surface area contributed by atoms with Crippen LogP contribution in [0.1, 0.15) is 159 Å². The number of fused-ring (bicyclic) bond motifs is 5. The van der Waals surface area contributed by atoms with Gasteiger partial charge in [0.1, 0.15) is 81.8 Å². The lowest BCUT2D eigenvalue weighted by Crippen LogP contribution is -2.48. The normalized spacial score (nSPS) is 15.8. The van der Waals surface area contributed by atoms with Gasteiger partial charge >= 0.3 is 11.1 Å². The van der Waals surface area contributed by atoms with Crippen LogP contribution in [0, 0.1) is 19.8 Å². The molecule has 35 nitrogen and oxygen atoms in total. The number of thiazole rings is 3. The monoisotopic (exact) mass is 1720 g/mol. The number of aliphatic imine (C=N–C) groups is 3. The van der Waals surface area contributed by atoms with E-state index < -0.39 is 47.2 Å². The van der Waals surface area contributed by atoms with Crippen molar-refractivity contribution in [1.82, 2.24) is 57.6 Å². The second kappa shape index (κ2) is 33.7. The third-order valence-electron chi connectivity index (χ3n) is 17.2. The van der Waals surface area contributed by atoms with Gasteiger partial charge in [0.2, 0.25) is 23.1 Å². The van der Waals surface area contributed by atoms with Crippen molar-refractivity contribution in [1.29, 1.82) is 0 Å². The Hall–Kier alpha value is -9.34. The summed E-state index contributed by atoms with van der Waals surface area (Å²) in [5.41, 5.74) is 21.7. The number of hydrogen-bond donors (Lipinski definition) is 14. The SMILES string of the molecule is CCc1nc(CC)c2c(n1)CCN2C(=O)c1sc(Nc2s[nH]c(=O)c2C(N)=NCC(C)C)nc1CO.Cc1nc(Nc2s[nH]c(=O)c2C(N)=NC(C)C(C)O)sc1C(=O)n1c(O)cc2[nH]c(=O)c(=O)[nH]c21.Cc1nc(Nc2s[nH]c(=O)c2C(N)=NC(C)CBr)sc1C(=O)N1CC(C)c2c1ncc1[n+]2CCC(Br)C1. The highest BCUT2D eigenvalue weighted by Gasteiger charge is 2.43. The van der Waals surface area contributed by atoms with Crippen LogP contribution in [0.2, 0.25) is 0 Å². The summed E-state index contributed by atoms with van der Waals surface area (Å²) in [4.78, 5) is 150. The summed E-state index contributed by atoms with van der Waals surface area (Å²) in [6, 6.07) is 0.515. The molecule has 0 aromatic carbocycles. The number of H-pyrrole nitrogens is 5. The number of halogens is 2. The van der Waals surface area contributed by atoms with Crippen LogP contribution in [0.15, 0.2) is 51.2 Å². The van der Waals surface area contributed by atoms with Gasteiger partial charge in [-0.1, -0.05) is 100 Å². The number of nitrogens with two attached hydrogens (primary N) is 3. The molecule has 572 valence electrons. The summed E-state index contributed by atoms with van der Waals surface area (Å²) < 4.78 is 11.1. The molecule has 17 N–H and O–H groups in total. The lowest BCUT2D eigenvalue weighted by molar-refractivity contribution is -0.716. The number of carbonyl (C=O) groups is 3. The summed E-state index contributed by atoms with van der Waals surface area (Å²) in [7, 11) is 0. The van der Waals surface area contributed by atoms with Crippen LogP contribution in [0.25, 0.3) is 11.2 Å². The van der Waals surface area contributed by atoms with E-state index in [1.54, 1.807) is 30.6 Å². The number of alkyl halides is 2. The molecule has 5 unspecified atom stereocenters. The number of nitrogens with zero attached hydrogens (tertiary/aromatic N) is 13. The molecule has 0 bridgehead atoms. The zero-order valence-corrected chi connectivity index (χ0v) is 67.8. The van der Waals surface area contributed by atoms with Crippen LogP contribution >= 0.6 is 100 Å². The number of rotatable bonds is 21. The summed E-state index contributed by atoms with van der Waals surface area (Å²) in [5, 5.41) is 42.1. The number of aromatic hydroxyl groups is 1. The second-order valence-corrected chi connectivity index (χ2v) is 33.1. The maximum absolute atomic E-state index is 13.7. The fourth-order valence-electron chi connectivity index (χ4n) is 11.8. The topological polar surface area (TPSA) is 520 Å². The maximum atomic E-state index is 13.7. The number of aliphatic hydroxyl groups excluding tert-OH is 2. The third-order valence-corrected chi connectivity index (χ3v) is 24.4. The van der Waals surface area contributed by atoms with Crippen LogP contribution in [0.5, 0.6) is 5.88 Å². The Morgan fingerprint density at radius 1 is 0.731 bits per heavy atom. The average molecular weight is 1720 g/mol. The number of aromatic amines is 5. The van der Waals surface area contributed by atoms with Gasteiger partial charge < -0.3 is 63.3 Å². The van der Waals surface area contributed by atoms with Crippen molar-refractivity contribution >= 4 is 189 Å². The van der Waals surface area contributed by atoms with Crippen molar-refractivity contribution in [2.45, 2.75) is 143 Å². The molecular weight excluding hydrogens is 1650 g/mol. The number of carbonyl (C=O) groups excluding carboxylic acids is 3. The highest BCUT2D eigenvalue weighted by molar-refractivity contribution is 9.09. The van der Waals surface area contributed by atoms with E-state index >= 15 is 0 Å². The van der Waals surface area contributed by atoms with Crippen molar-refractivity contribution < 1.29 is 34.3 Å². The van der Waals surface area contributed by atoms with Crippen LogP contribution in [-0.2, 0) is 38.8 Å². The van der Waals surface area contributed by atoms with E-state index in [4.69, 9.17) is 22.2 Å². The molecule has 0 saturated heterocycles. The third kappa shape index (κ3) is 16.8. The minimum Gasteiger partial charge on any atom is -0.494 e. The van der Waals surface area contributed by atoms with E-state index in [9.17, 15) is 53.7 Å². The van der Waals surface area contributed by atoms with E-state index in [0.29, 0.717) is 95.0 Å². The predicted molar refractivity (Wildman–Crippen MR) is 429 cm³/mol. The second-order valence-electron chi connectivity index (χ2n) is 25.7. The Morgan fingerprint density at radius 3 is 1.85 bits per heavy atom. The minimum atomic E-state index is -0.980. The van der Waals surface area contributed by atoms with Gasteiger partial charge in [0.05, 0.1) is 76.6 Å². The first kappa shape index (κ1) is 79.7. The first-order valence-electron chi connectivity index (χ1n) is 33.8. The van der Waals surface area contributed by atoms with Gasteiger partial charge in [-0.15, -0.1) is 0 Å². The molecule has 3 aliphatic heterocycles. The molecule has 108 heavy (non-hydrogen) atoms. The molecule has 0 aliphatic carbocycles. The van der Waals surface area contributed by atoms with Gasteiger partial charge in [-0.2, -0.15) is 4.57 Å². The maximum Gasteiger partial charge on any atom is 0.315 e. The number of aliphatic hydroxyl groups is 2. The number of aromatic nitrogens is 13. The van der Waals surface area contributed by atoms with E-state index in [2.05, 4.69) is 122 Å². The van der Waals surface area contributed by atoms with Gasteiger partial charge in [0.15, 0.2) is 15.4 Å². The van der Waals surface area contributed by atoms with E-state index in [1.165, 1.54) is 17.0 Å². The molecule has 13 rings (SSSR count). The molecule has 2 amide bonds. The molecule has 0 spiro atoms. The Balaban J connectivity index is 0.000000161. The molecule has 10 aromatic heterocycles. The number of aryl methyl sites for hydroxylation is 4. The van der Waals surface area contributed by atoms with Crippen LogP contribution in [0.4, 0.5) is 41.9 Å². The summed E-state index contributed by atoms with van der Waals surface area (Å²) in [5.74, 6) is 0.633. The molecule has 0 radical (unpaired) electrons.